The van der Waals surface area contributed by atoms with E-state index in [1.165, 1.54) is 22.2 Å². The highest BCUT2D eigenvalue weighted by Crippen LogP contribution is 2.35. The van der Waals surface area contributed by atoms with Gasteiger partial charge in [0.05, 0.1) is 18.1 Å². The third-order valence-electron chi connectivity index (χ3n) is 5.02. The molecular weight excluding hydrogens is 414 g/mol. The van der Waals surface area contributed by atoms with E-state index < -0.39 is 0 Å². The lowest BCUT2D eigenvalue weighted by Gasteiger charge is -2.15. The average Bonchev–Trinajstić information content (AvgIpc) is 3.35. The zero-order chi connectivity index (χ0) is 21.3. The second-order valence-corrected chi connectivity index (χ2v) is 9.35. The molecule has 8 heteroatoms. The molecule has 0 bridgehead atoms. The summed E-state index contributed by atoms with van der Waals surface area (Å²) in [5.74, 6) is 1.04. The Bertz CT molecular complexity index is 1180. The Kier molecular flexibility index (Phi) is 5.87. The highest BCUT2D eigenvalue weighted by atomic mass is 32.2. The van der Waals surface area contributed by atoms with Gasteiger partial charge in [-0.15, -0.1) is 11.3 Å². The minimum atomic E-state index is -0.0766. The molecule has 0 aliphatic heterocycles. The van der Waals surface area contributed by atoms with Gasteiger partial charge in [0.2, 0.25) is 5.91 Å². The zero-order valence-corrected chi connectivity index (χ0v) is 19.0. The molecule has 0 unspecified atom stereocenters. The van der Waals surface area contributed by atoms with Gasteiger partial charge in [-0.05, 0) is 51.0 Å². The standard InChI is InChI=1S/C22H23N5OS2/c1-13-15(3)30-22-20(13)21(25-16(4)26-22)29-11-19(28)24-14(2)17-5-7-18(8-6-17)27-10-9-23-12-27/h5-10,12,14H,11H2,1-4H3,(H,24,28)/t14-/m0/s1. The number of thioether (sulfide) groups is 1. The summed E-state index contributed by atoms with van der Waals surface area (Å²) in [4.78, 5) is 28.0. The van der Waals surface area contributed by atoms with Crippen molar-refractivity contribution in [3.8, 4) is 5.69 Å². The molecule has 0 saturated heterocycles. The number of hydrogen-bond acceptors (Lipinski definition) is 6. The molecule has 0 saturated carbocycles. The Morgan fingerprint density at radius 1 is 1.20 bits per heavy atom. The molecule has 3 heterocycles. The first-order chi connectivity index (χ1) is 14.4. The van der Waals surface area contributed by atoms with Crippen molar-refractivity contribution in [2.24, 2.45) is 0 Å². The maximum absolute atomic E-state index is 12.6. The number of aryl methyl sites for hydroxylation is 3. The minimum Gasteiger partial charge on any atom is -0.349 e. The SMILES string of the molecule is Cc1nc(SCC(=O)N[C@@H](C)c2ccc(-n3ccnc3)cc2)c2c(C)c(C)sc2n1. The highest BCUT2D eigenvalue weighted by molar-refractivity contribution is 8.00. The van der Waals surface area contributed by atoms with Gasteiger partial charge in [0.25, 0.3) is 0 Å². The van der Waals surface area contributed by atoms with Crippen molar-refractivity contribution < 1.29 is 4.79 Å². The zero-order valence-electron chi connectivity index (χ0n) is 17.3. The maximum atomic E-state index is 12.6. The predicted molar refractivity (Wildman–Crippen MR) is 122 cm³/mol. The van der Waals surface area contributed by atoms with Gasteiger partial charge < -0.3 is 9.88 Å². The van der Waals surface area contributed by atoms with E-state index in [1.54, 1.807) is 23.9 Å². The van der Waals surface area contributed by atoms with Crippen LogP contribution in [-0.2, 0) is 4.79 Å². The lowest BCUT2D eigenvalue weighted by atomic mass is 10.1. The molecule has 3 aromatic heterocycles. The molecule has 0 aliphatic carbocycles. The Hall–Kier alpha value is -2.71. The number of fused-ring (bicyclic) bond motifs is 1. The summed E-state index contributed by atoms with van der Waals surface area (Å²) in [6, 6.07) is 8.03. The Balaban J connectivity index is 1.41. The number of carbonyl (C=O) groups is 1. The largest absolute Gasteiger partial charge is 0.349 e. The van der Waals surface area contributed by atoms with E-state index in [0.717, 1.165) is 32.3 Å². The summed E-state index contributed by atoms with van der Waals surface area (Å²) in [6.45, 7) is 8.07. The van der Waals surface area contributed by atoms with Crippen molar-refractivity contribution in [2.75, 3.05) is 5.75 Å². The van der Waals surface area contributed by atoms with Crippen molar-refractivity contribution in [2.45, 2.75) is 38.8 Å². The number of amides is 1. The highest BCUT2D eigenvalue weighted by Gasteiger charge is 2.16. The average molecular weight is 438 g/mol. The molecule has 1 aromatic carbocycles. The van der Waals surface area contributed by atoms with Crippen LogP contribution in [0.25, 0.3) is 15.9 Å². The van der Waals surface area contributed by atoms with Crippen LogP contribution in [0.5, 0.6) is 0 Å². The van der Waals surface area contributed by atoms with Gasteiger partial charge in [0.15, 0.2) is 0 Å². The number of thiophene rings is 1. The van der Waals surface area contributed by atoms with E-state index in [4.69, 9.17) is 0 Å². The van der Waals surface area contributed by atoms with E-state index in [0.29, 0.717) is 5.75 Å². The topological polar surface area (TPSA) is 72.7 Å². The maximum Gasteiger partial charge on any atom is 0.230 e. The van der Waals surface area contributed by atoms with Crippen LogP contribution in [-0.4, -0.2) is 31.2 Å². The second-order valence-electron chi connectivity index (χ2n) is 7.18. The first-order valence-corrected chi connectivity index (χ1v) is 11.5. The summed E-state index contributed by atoms with van der Waals surface area (Å²) in [7, 11) is 0. The molecule has 6 nitrogen and oxygen atoms in total. The van der Waals surface area contributed by atoms with Crippen molar-refractivity contribution >= 4 is 39.2 Å². The van der Waals surface area contributed by atoms with E-state index in [1.807, 2.05) is 48.9 Å². The molecule has 1 amide bonds. The summed E-state index contributed by atoms with van der Waals surface area (Å²) < 4.78 is 1.95. The second kappa shape index (κ2) is 8.57. The molecule has 0 spiro atoms. The number of nitrogens with zero attached hydrogens (tertiary/aromatic N) is 4. The van der Waals surface area contributed by atoms with Crippen LogP contribution in [0.1, 0.15) is 34.8 Å². The summed E-state index contributed by atoms with van der Waals surface area (Å²) in [5.41, 5.74) is 3.29. The van der Waals surface area contributed by atoms with Gasteiger partial charge >= 0.3 is 0 Å². The molecule has 154 valence electrons. The number of hydrogen-bond donors (Lipinski definition) is 1. The number of benzene rings is 1. The third-order valence-corrected chi connectivity index (χ3v) is 7.10. The fourth-order valence-electron chi connectivity index (χ4n) is 3.27. The van der Waals surface area contributed by atoms with Crippen LogP contribution in [0.2, 0.25) is 0 Å². The van der Waals surface area contributed by atoms with Gasteiger partial charge in [0.1, 0.15) is 15.7 Å². The lowest BCUT2D eigenvalue weighted by Crippen LogP contribution is -2.28. The number of aromatic nitrogens is 4. The van der Waals surface area contributed by atoms with Crippen molar-refractivity contribution in [1.29, 1.82) is 0 Å². The normalized spacial score (nSPS) is 12.3. The first kappa shape index (κ1) is 20.6. The minimum absolute atomic E-state index is 0.0137. The number of rotatable bonds is 6. The lowest BCUT2D eigenvalue weighted by molar-refractivity contribution is -0.119. The Morgan fingerprint density at radius 2 is 1.97 bits per heavy atom. The van der Waals surface area contributed by atoms with Gasteiger partial charge in [-0.1, -0.05) is 23.9 Å². The quantitative estimate of drug-likeness (QED) is 0.347. The number of imidazole rings is 1. The van der Waals surface area contributed by atoms with Crippen LogP contribution in [0.4, 0.5) is 0 Å². The fourth-order valence-corrected chi connectivity index (χ4v) is 5.35. The molecule has 30 heavy (non-hydrogen) atoms. The van der Waals surface area contributed by atoms with Crippen LogP contribution in [0.3, 0.4) is 0 Å². The molecule has 4 aromatic rings. The van der Waals surface area contributed by atoms with Crippen molar-refractivity contribution in [3.63, 3.8) is 0 Å². The summed E-state index contributed by atoms with van der Waals surface area (Å²) >= 11 is 3.15. The predicted octanol–water partition coefficient (Wildman–Crippen LogP) is 4.77. The third kappa shape index (κ3) is 4.24. The first-order valence-electron chi connectivity index (χ1n) is 9.67. The van der Waals surface area contributed by atoms with Crippen molar-refractivity contribution in [1.82, 2.24) is 24.8 Å². The van der Waals surface area contributed by atoms with Gasteiger partial charge in [-0.2, -0.15) is 0 Å². The fraction of sp³-hybridized carbons (Fsp3) is 0.273. The van der Waals surface area contributed by atoms with Crippen LogP contribution in [0, 0.1) is 20.8 Å². The Morgan fingerprint density at radius 3 is 2.67 bits per heavy atom. The van der Waals surface area contributed by atoms with E-state index in [9.17, 15) is 4.79 Å². The molecule has 4 rings (SSSR count). The van der Waals surface area contributed by atoms with E-state index in [2.05, 4.69) is 34.1 Å². The summed E-state index contributed by atoms with van der Waals surface area (Å²) in [5, 5.41) is 5.04. The number of carbonyl (C=O) groups excluding carboxylic acids is 1. The van der Waals surface area contributed by atoms with E-state index in [-0.39, 0.29) is 11.9 Å². The van der Waals surface area contributed by atoms with Crippen LogP contribution in [0.15, 0.2) is 48.0 Å². The Labute approximate surface area is 183 Å². The molecule has 0 radical (unpaired) electrons. The summed E-state index contributed by atoms with van der Waals surface area (Å²) in [6.07, 6.45) is 5.42. The van der Waals surface area contributed by atoms with Gasteiger partial charge in [-0.3, -0.25) is 4.79 Å². The van der Waals surface area contributed by atoms with Crippen LogP contribution < -0.4 is 5.32 Å². The molecule has 1 atom stereocenters. The van der Waals surface area contributed by atoms with E-state index >= 15 is 0 Å². The monoisotopic (exact) mass is 437 g/mol. The van der Waals surface area contributed by atoms with Gasteiger partial charge in [-0.25, -0.2) is 15.0 Å². The number of nitrogens with one attached hydrogen (secondary N) is 1. The smallest absolute Gasteiger partial charge is 0.230 e. The molecule has 1 N–H and O–H groups in total. The molecular formula is C22H23N5OS2. The van der Waals surface area contributed by atoms with Gasteiger partial charge in [0, 0.05) is 28.3 Å². The molecule has 0 aliphatic rings. The van der Waals surface area contributed by atoms with Crippen LogP contribution >= 0.6 is 23.1 Å². The van der Waals surface area contributed by atoms with Crippen molar-refractivity contribution in [3.05, 3.63) is 64.8 Å². The molecule has 0 fully saturated rings.